The molecule has 0 spiro atoms. The number of esters is 3. The fraction of sp³-hybridized carbons (Fsp3) is 0.804. The molecule has 1 atom stereocenters. The third kappa shape index (κ3) is 48.4. The predicted octanol–water partition coefficient (Wildman–Crippen LogP) is 17.5. The third-order valence-electron chi connectivity index (χ3n) is 11.6. The molecule has 0 bridgehead atoms. The number of rotatable bonds is 48. The quantitative estimate of drug-likeness (QED) is 0.0262. The maximum Gasteiger partial charge on any atom is 0.306 e. The average molecular weight is 869 g/mol. The van der Waals surface area contributed by atoms with Gasteiger partial charge in [-0.25, -0.2) is 0 Å². The van der Waals surface area contributed by atoms with E-state index in [9.17, 15) is 14.4 Å². The summed E-state index contributed by atoms with van der Waals surface area (Å²) in [6.45, 7) is 6.45. The van der Waals surface area contributed by atoms with Crippen LogP contribution in [0.5, 0.6) is 0 Å². The summed E-state index contributed by atoms with van der Waals surface area (Å²) in [5.74, 6) is -0.931. The normalized spacial score (nSPS) is 12.4. The second-order valence-corrected chi connectivity index (χ2v) is 17.8. The van der Waals surface area contributed by atoms with Crippen LogP contribution in [0.2, 0.25) is 0 Å². The van der Waals surface area contributed by atoms with Crippen LogP contribution in [0.25, 0.3) is 0 Å². The lowest BCUT2D eigenvalue weighted by Gasteiger charge is -2.18. The van der Waals surface area contributed by atoms with Crippen molar-refractivity contribution in [1.82, 2.24) is 0 Å². The summed E-state index contributed by atoms with van der Waals surface area (Å²) in [6.07, 6.45) is 61.4. The Morgan fingerprint density at radius 1 is 0.339 bits per heavy atom. The van der Waals surface area contributed by atoms with Crippen molar-refractivity contribution in [2.24, 2.45) is 0 Å². The molecule has 1 unspecified atom stereocenters. The molecule has 6 heteroatoms. The van der Waals surface area contributed by atoms with Gasteiger partial charge in [-0.1, -0.05) is 243 Å². The van der Waals surface area contributed by atoms with Crippen LogP contribution >= 0.6 is 0 Å². The Kier molecular flexibility index (Phi) is 48.8. The van der Waals surface area contributed by atoms with Gasteiger partial charge >= 0.3 is 17.9 Å². The fourth-order valence-corrected chi connectivity index (χ4v) is 7.61. The lowest BCUT2D eigenvalue weighted by Crippen LogP contribution is -2.30. The van der Waals surface area contributed by atoms with Gasteiger partial charge in [-0.3, -0.25) is 14.4 Å². The molecule has 0 heterocycles. The van der Waals surface area contributed by atoms with Gasteiger partial charge in [0.05, 0.1) is 0 Å². The van der Waals surface area contributed by atoms with Gasteiger partial charge in [0.1, 0.15) is 13.2 Å². The van der Waals surface area contributed by atoms with Gasteiger partial charge in [0.25, 0.3) is 0 Å². The van der Waals surface area contributed by atoms with Crippen molar-refractivity contribution < 1.29 is 28.6 Å². The molecular weight excluding hydrogens is 769 g/mol. The highest BCUT2D eigenvalue weighted by molar-refractivity contribution is 5.71. The van der Waals surface area contributed by atoms with Crippen molar-refractivity contribution in [3.63, 3.8) is 0 Å². The molecule has 0 amide bonds. The first-order valence-electron chi connectivity index (χ1n) is 26.6. The molecular formula is C56H100O6. The van der Waals surface area contributed by atoms with E-state index in [1.54, 1.807) is 0 Å². The van der Waals surface area contributed by atoms with Crippen molar-refractivity contribution in [2.75, 3.05) is 13.2 Å². The molecule has 0 saturated carbocycles. The summed E-state index contributed by atoms with van der Waals surface area (Å²) in [5, 5.41) is 0. The molecule has 0 aliphatic carbocycles. The van der Waals surface area contributed by atoms with Crippen molar-refractivity contribution >= 4 is 17.9 Å². The SMILES string of the molecule is CC/C=C\C/C=C\C/C=C\C/C=C\CCCCC(=O)OC(COC(=O)CCCCCCCC)COC(=O)CCCCCCCCCCCCCCCCCCCCCCCCC. The minimum atomic E-state index is -0.788. The van der Waals surface area contributed by atoms with Gasteiger partial charge in [0, 0.05) is 19.3 Å². The standard InChI is InChI=1S/C56H100O6/c1-4-7-10-13-16-18-20-22-24-25-26-27-28-29-30-31-33-34-36-38-40-43-46-49-55(58)61-52-53(51-60-54(57)48-45-42-15-12-9-6-3)62-56(59)50-47-44-41-39-37-35-32-23-21-19-17-14-11-8-5-2/h8,11,17,19,23,32,37,39,53H,4-7,9-10,12-16,18,20-22,24-31,33-36,38,40-52H2,1-3H3/b11-8-,19-17-,32-23-,39-37-. The van der Waals surface area contributed by atoms with Crippen LogP contribution in [0, 0.1) is 0 Å². The van der Waals surface area contributed by atoms with Crippen LogP contribution in [0.1, 0.15) is 271 Å². The number of hydrogen-bond acceptors (Lipinski definition) is 6. The maximum absolute atomic E-state index is 12.7. The first-order chi connectivity index (χ1) is 30.5. The van der Waals surface area contributed by atoms with Crippen molar-refractivity contribution in [3.8, 4) is 0 Å². The molecule has 6 nitrogen and oxygen atoms in total. The van der Waals surface area contributed by atoms with Gasteiger partial charge in [-0.05, 0) is 57.8 Å². The van der Waals surface area contributed by atoms with Crippen LogP contribution in [-0.4, -0.2) is 37.2 Å². The Labute approximate surface area is 384 Å². The molecule has 0 radical (unpaired) electrons. The zero-order chi connectivity index (χ0) is 45.1. The number of allylic oxidation sites excluding steroid dienone is 8. The van der Waals surface area contributed by atoms with Crippen molar-refractivity contribution in [2.45, 2.75) is 277 Å². The van der Waals surface area contributed by atoms with E-state index in [4.69, 9.17) is 14.2 Å². The second-order valence-electron chi connectivity index (χ2n) is 17.8. The summed E-state index contributed by atoms with van der Waals surface area (Å²) in [6, 6.07) is 0. The van der Waals surface area contributed by atoms with E-state index in [0.717, 1.165) is 77.0 Å². The lowest BCUT2D eigenvalue weighted by molar-refractivity contribution is -0.167. The van der Waals surface area contributed by atoms with Gasteiger partial charge in [-0.2, -0.15) is 0 Å². The van der Waals surface area contributed by atoms with E-state index in [-0.39, 0.29) is 37.5 Å². The summed E-state index contributed by atoms with van der Waals surface area (Å²) in [7, 11) is 0. The smallest absolute Gasteiger partial charge is 0.306 e. The summed E-state index contributed by atoms with van der Waals surface area (Å²) < 4.78 is 16.7. The maximum atomic E-state index is 12.7. The number of hydrogen-bond donors (Lipinski definition) is 0. The second kappa shape index (κ2) is 51.0. The van der Waals surface area contributed by atoms with E-state index >= 15 is 0 Å². The number of ether oxygens (including phenoxy) is 3. The fourth-order valence-electron chi connectivity index (χ4n) is 7.61. The summed E-state index contributed by atoms with van der Waals surface area (Å²) in [4.78, 5) is 37.7. The zero-order valence-electron chi connectivity index (χ0n) is 41.1. The number of carbonyl (C=O) groups excluding carboxylic acids is 3. The minimum Gasteiger partial charge on any atom is -0.462 e. The molecule has 0 rings (SSSR count). The highest BCUT2D eigenvalue weighted by Crippen LogP contribution is 2.16. The van der Waals surface area contributed by atoms with E-state index in [0.29, 0.717) is 19.3 Å². The molecule has 0 aromatic carbocycles. The Hall–Kier alpha value is -2.63. The van der Waals surface area contributed by atoms with Crippen LogP contribution in [0.3, 0.4) is 0 Å². The molecule has 0 saturated heterocycles. The van der Waals surface area contributed by atoms with Crippen LogP contribution in [0.15, 0.2) is 48.6 Å². The van der Waals surface area contributed by atoms with E-state index in [2.05, 4.69) is 69.4 Å². The van der Waals surface area contributed by atoms with Gasteiger partial charge in [0.15, 0.2) is 6.10 Å². The third-order valence-corrected chi connectivity index (χ3v) is 11.6. The van der Waals surface area contributed by atoms with Gasteiger partial charge in [0.2, 0.25) is 0 Å². The molecule has 62 heavy (non-hydrogen) atoms. The zero-order valence-corrected chi connectivity index (χ0v) is 41.1. The monoisotopic (exact) mass is 869 g/mol. The Morgan fingerprint density at radius 3 is 0.984 bits per heavy atom. The Balaban J connectivity index is 4.15. The predicted molar refractivity (Wildman–Crippen MR) is 265 cm³/mol. The molecule has 0 aliphatic rings. The van der Waals surface area contributed by atoms with Crippen LogP contribution in [0.4, 0.5) is 0 Å². The lowest BCUT2D eigenvalue weighted by atomic mass is 10.0. The summed E-state index contributed by atoms with van der Waals surface area (Å²) in [5.41, 5.74) is 0. The average Bonchev–Trinajstić information content (AvgIpc) is 3.27. The Bertz CT molecular complexity index is 1090. The molecule has 0 aromatic rings. The van der Waals surface area contributed by atoms with Crippen LogP contribution in [-0.2, 0) is 28.6 Å². The molecule has 0 aromatic heterocycles. The van der Waals surface area contributed by atoms with E-state index in [1.807, 2.05) is 0 Å². The molecule has 360 valence electrons. The first-order valence-corrected chi connectivity index (χ1v) is 26.6. The van der Waals surface area contributed by atoms with E-state index < -0.39 is 6.10 Å². The van der Waals surface area contributed by atoms with Crippen LogP contribution < -0.4 is 0 Å². The Morgan fingerprint density at radius 2 is 0.629 bits per heavy atom. The molecule has 0 fully saturated rings. The number of carbonyl (C=O) groups is 3. The number of unbranched alkanes of at least 4 members (excludes halogenated alkanes) is 29. The molecule has 0 N–H and O–H groups in total. The van der Waals surface area contributed by atoms with Crippen molar-refractivity contribution in [1.29, 1.82) is 0 Å². The van der Waals surface area contributed by atoms with Crippen molar-refractivity contribution in [3.05, 3.63) is 48.6 Å². The topological polar surface area (TPSA) is 78.9 Å². The molecule has 0 aliphatic heterocycles. The summed E-state index contributed by atoms with van der Waals surface area (Å²) >= 11 is 0. The van der Waals surface area contributed by atoms with Gasteiger partial charge in [-0.15, -0.1) is 0 Å². The highest BCUT2D eigenvalue weighted by Gasteiger charge is 2.19. The van der Waals surface area contributed by atoms with E-state index in [1.165, 1.54) is 148 Å². The van der Waals surface area contributed by atoms with Gasteiger partial charge < -0.3 is 14.2 Å². The largest absolute Gasteiger partial charge is 0.462 e. The minimum absolute atomic E-state index is 0.0871. The first kappa shape index (κ1) is 59.4. The highest BCUT2D eigenvalue weighted by atomic mass is 16.6.